The van der Waals surface area contributed by atoms with Gasteiger partial charge in [0.15, 0.2) is 0 Å². The van der Waals surface area contributed by atoms with Gasteiger partial charge < -0.3 is 20.3 Å². The second kappa shape index (κ2) is 10.8. The molecule has 4 N–H and O–H groups in total. The number of carbonyl (C=O) groups excluding carboxylic acids is 3. The number of esters is 1. The molecule has 194 valence electrons. The van der Waals surface area contributed by atoms with Gasteiger partial charge in [0.05, 0.1) is 5.56 Å². The van der Waals surface area contributed by atoms with Crippen molar-refractivity contribution >= 4 is 17.8 Å². The van der Waals surface area contributed by atoms with Gasteiger partial charge in [0.2, 0.25) is 0 Å². The van der Waals surface area contributed by atoms with Gasteiger partial charge in [-0.15, -0.1) is 0 Å². The first kappa shape index (κ1) is 27.4. The molecule has 1 aromatic heterocycles. The summed E-state index contributed by atoms with van der Waals surface area (Å²) in [5.74, 6) is -5.42. The Bertz CT molecular complexity index is 1320. The van der Waals surface area contributed by atoms with Crippen LogP contribution in [0.3, 0.4) is 0 Å². The number of hydrogen-bond acceptors (Lipinski definition) is 8. The zero-order valence-corrected chi connectivity index (χ0v) is 20.7. The van der Waals surface area contributed by atoms with E-state index in [0.717, 1.165) is 24.5 Å². The standard InChI is InChI=1S/C26H27FN4O6/c1-15-11-18(9-10-19(15)27)26(35,36)31-23(33)21-12-20(29-14-30-21)22(32)28-13-16-5-7-17(8-6-16)24(34)37-25(2,3)4/h5-12,14,35-36H,13H2,1-4H3,(H,28,32)(H,31,33). The quantitative estimate of drug-likeness (QED) is 0.279. The molecule has 3 rings (SSSR count). The van der Waals surface area contributed by atoms with Crippen LogP contribution in [0.1, 0.15) is 68.8 Å². The number of carbonyl (C=O) groups is 3. The van der Waals surface area contributed by atoms with Gasteiger partial charge in [-0.2, -0.15) is 0 Å². The second-order valence-corrected chi connectivity index (χ2v) is 9.26. The Kier molecular flexibility index (Phi) is 7.99. The van der Waals surface area contributed by atoms with E-state index in [4.69, 9.17) is 4.74 Å². The Hall–Kier alpha value is -4.22. The van der Waals surface area contributed by atoms with Crippen molar-refractivity contribution in [2.45, 2.75) is 45.8 Å². The van der Waals surface area contributed by atoms with Crippen LogP contribution in [0.5, 0.6) is 0 Å². The van der Waals surface area contributed by atoms with Crippen molar-refractivity contribution in [2.75, 3.05) is 0 Å². The monoisotopic (exact) mass is 510 g/mol. The lowest BCUT2D eigenvalue weighted by molar-refractivity contribution is -0.185. The molecule has 3 aromatic rings. The number of aliphatic hydroxyl groups is 2. The third kappa shape index (κ3) is 7.38. The average molecular weight is 511 g/mol. The summed E-state index contributed by atoms with van der Waals surface area (Å²) in [6.45, 7) is 6.86. The van der Waals surface area contributed by atoms with Gasteiger partial charge in [-0.3, -0.25) is 14.9 Å². The van der Waals surface area contributed by atoms with Crippen LogP contribution in [0.25, 0.3) is 0 Å². The number of aryl methyl sites for hydroxylation is 1. The van der Waals surface area contributed by atoms with E-state index in [1.54, 1.807) is 45.0 Å². The fourth-order valence-electron chi connectivity index (χ4n) is 3.13. The number of benzene rings is 2. The largest absolute Gasteiger partial charge is 0.456 e. The van der Waals surface area contributed by atoms with E-state index in [1.165, 1.54) is 13.0 Å². The molecule has 0 unspecified atom stereocenters. The molecule has 0 spiro atoms. The minimum Gasteiger partial charge on any atom is -0.456 e. The van der Waals surface area contributed by atoms with Crippen LogP contribution in [0.4, 0.5) is 4.39 Å². The molecule has 0 saturated carbocycles. The molecule has 10 nitrogen and oxygen atoms in total. The average Bonchev–Trinajstić information content (AvgIpc) is 2.83. The highest BCUT2D eigenvalue weighted by Gasteiger charge is 2.30. The Morgan fingerprint density at radius 2 is 1.57 bits per heavy atom. The van der Waals surface area contributed by atoms with Crippen molar-refractivity contribution in [3.63, 3.8) is 0 Å². The topological polar surface area (TPSA) is 151 Å². The molecule has 0 saturated heterocycles. The molecule has 0 aliphatic rings. The van der Waals surface area contributed by atoms with E-state index in [1.807, 2.05) is 5.32 Å². The van der Waals surface area contributed by atoms with Crippen molar-refractivity contribution < 1.29 is 33.7 Å². The molecule has 2 aromatic carbocycles. The van der Waals surface area contributed by atoms with Gasteiger partial charge in [0.25, 0.3) is 17.7 Å². The maximum absolute atomic E-state index is 13.5. The fraction of sp³-hybridized carbons (Fsp3) is 0.269. The van der Waals surface area contributed by atoms with Gasteiger partial charge in [-0.1, -0.05) is 12.1 Å². The summed E-state index contributed by atoms with van der Waals surface area (Å²) in [6.07, 6.45) is 0.984. The van der Waals surface area contributed by atoms with Crippen LogP contribution in [0, 0.1) is 12.7 Å². The van der Waals surface area contributed by atoms with Crippen LogP contribution in [0.2, 0.25) is 0 Å². The van der Waals surface area contributed by atoms with E-state index in [9.17, 15) is 29.0 Å². The maximum atomic E-state index is 13.5. The van der Waals surface area contributed by atoms with Crippen molar-refractivity contribution in [1.82, 2.24) is 20.6 Å². The summed E-state index contributed by atoms with van der Waals surface area (Å²) in [5.41, 5.74) is 0.0121. The number of hydrogen-bond donors (Lipinski definition) is 4. The highest BCUT2D eigenvalue weighted by molar-refractivity contribution is 5.97. The number of ether oxygens (including phenoxy) is 1. The molecule has 0 bridgehead atoms. The number of nitrogens with one attached hydrogen (secondary N) is 2. The molecule has 1 heterocycles. The summed E-state index contributed by atoms with van der Waals surface area (Å²) >= 11 is 0. The number of nitrogens with zero attached hydrogens (tertiary/aromatic N) is 2. The van der Waals surface area contributed by atoms with Gasteiger partial charge >= 0.3 is 5.97 Å². The predicted molar refractivity (Wildman–Crippen MR) is 130 cm³/mol. The zero-order chi connectivity index (χ0) is 27.4. The molecule has 11 heteroatoms. The molecule has 0 aliphatic carbocycles. The number of amides is 2. The highest BCUT2D eigenvalue weighted by Crippen LogP contribution is 2.19. The molecule has 2 amide bonds. The summed E-state index contributed by atoms with van der Waals surface area (Å²) < 4.78 is 18.8. The second-order valence-electron chi connectivity index (χ2n) is 9.26. The van der Waals surface area contributed by atoms with Crippen LogP contribution in [0.15, 0.2) is 54.9 Å². The first-order chi connectivity index (χ1) is 17.2. The minimum atomic E-state index is -2.81. The number of aromatic nitrogens is 2. The van der Waals surface area contributed by atoms with Gasteiger partial charge in [0.1, 0.15) is 29.1 Å². The lowest BCUT2D eigenvalue weighted by atomic mass is 10.1. The van der Waals surface area contributed by atoms with Crippen molar-refractivity contribution in [2.24, 2.45) is 0 Å². The van der Waals surface area contributed by atoms with Gasteiger partial charge in [0, 0.05) is 18.2 Å². The Balaban J connectivity index is 1.63. The first-order valence-corrected chi connectivity index (χ1v) is 11.2. The van der Waals surface area contributed by atoms with E-state index in [0.29, 0.717) is 11.1 Å². The SMILES string of the molecule is Cc1cc(C(O)(O)NC(=O)c2cc(C(=O)NCc3ccc(C(=O)OC(C)(C)C)cc3)ncn2)ccc1F. The highest BCUT2D eigenvalue weighted by atomic mass is 19.1. The molecule has 0 aliphatic heterocycles. The zero-order valence-electron chi connectivity index (χ0n) is 20.7. The lowest BCUT2D eigenvalue weighted by Gasteiger charge is -2.23. The van der Waals surface area contributed by atoms with Crippen molar-refractivity contribution in [1.29, 1.82) is 0 Å². The Morgan fingerprint density at radius 3 is 2.16 bits per heavy atom. The fourth-order valence-corrected chi connectivity index (χ4v) is 3.13. The predicted octanol–water partition coefficient (Wildman–Crippen LogP) is 2.33. The molecular formula is C26H27FN4O6. The summed E-state index contributed by atoms with van der Waals surface area (Å²) in [6, 6.07) is 10.9. The summed E-state index contributed by atoms with van der Waals surface area (Å²) in [7, 11) is 0. The Labute approximate surface area is 212 Å². The number of halogens is 1. The smallest absolute Gasteiger partial charge is 0.338 e. The molecule has 37 heavy (non-hydrogen) atoms. The van der Waals surface area contributed by atoms with Crippen LogP contribution in [-0.2, 0) is 17.2 Å². The van der Waals surface area contributed by atoms with Crippen LogP contribution in [-0.4, -0.2) is 43.6 Å². The summed E-state index contributed by atoms with van der Waals surface area (Å²) in [5, 5.41) is 25.2. The normalized spacial score (nSPS) is 11.5. The third-order valence-corrected chi connectivity index (χ3v) is 5.02. The minimum absolute atomic E-state index is 0.110. The lowest BCUT2D eigenvalue weighted by Crippen LogP contribution is -2.46. The van der Waals surface area contributed by atoms with E-state index in [2.05, 4.69) is 15.3 Å². The van der Waals surface area contributed by atoms with E-state index < -0.39 is 35.1 Å². The number of rotatable bonds is 7. The first-order valence-electron chi connectivity index (χ1n) is 11.2. The molecule has 0 fully saturated rings. The van der Waals surface area contributed by atoms with Crippen LogP contribution >= 0.6 is 0 Å². The van der Waals surface area contributed by atoms with E-state index >= 15 is 0 Å². The van der Waals surface area contributed by atoms with Crippen molar-refractivity contribution in [3.8, 4) is 0 Å². The van der Waals surface area contributed by atoms with E-state index in [-0.39, 0.29) is 29.1 Å². The molecule has 0 atom stereocenters. The Morgan fingerprint density at radius 1 is 0.946 bits per heavy atom. The maximum Gasteiger partial charge on any atom is 0.338 e. The third-order valence-electron chi connectivity index (χ3n) is 5.02. The van der Waals surface area contributed by atoms with Crippen molar-refractivity contribution in [3.05, 3.63) is 94.3 Å². The summed E-state index contributed by atoms with van der Waals surface area (Å²) in [4.78, 5) is 44.8. The van der Waals surface area contributed by atoms with Gasteiger partial charge in [-0.05, 0) is 69.2 Å². The molecular weight excluding hydrogens is 483 g/mol. The van der Waals surface area contributed by atoms with Crippen LogP contribution < -0.4 is 10.6 Å². The molecule has 0 radical (unpaired) electrons. The van der Waals surface area contributed by atoms with Gasteiger partial charge in [-0.25, -0.2) is 19.2 Å².